The molecule has 0 bridgehead atoms. The number of piperidine rings is 1. The Hall–Kier alpha value is -1.43. The van der Waals surface area contributed by atoms with Crippen LogP contribution in [0.3, 0.4) is 0 Å². The second-order valence-corrected chi connectivity index (χ2v) is 6.04. The number of carbonyl (C=O) groups is 1. The van der Waals surface area contributed by atoms with Gasteiger partial charge < -0.3 is 21.1 Å². The molecule has 1 aromatic carbocycles. The lowest BCUT2D eigenvalue weighted by Crippen LogP contribution is -2.43. The van der Waals surface area contributed by atoms with Crippen LogP contribution in [0.5, 0.6) is 0 Å². The highest BCUT2D eigenvalue weighted by Crippen LogP contribution is 2.21. The predicted molar refractivity (Wildman–Crippen MR) is 83.9 cm³/mol. The van der Waals surface area contributed by atoms with E-state index >= 15 is 0 Å². The van der Waals surface area contributed by atoms with Gasteiger partial charge in [-0.2, -0.15) is 0 Å². The van der Waals surface area contributed by atoms with Crippen LogP contribution in [0.1, 0.15) is 31.7 Å². The third-order valence-corrected chi connectivity index (χ3v) is 4.06. The van der Waals surface area contributed by atoms with E-state index in [0.29, 0.717) is 13.0 Å². The van der Waals surface area contributed by atoms with Gasteiger partial charge in [-0.15, -0.1) is 0 Å². The minimum atomic E-state index is -0.538. The summed E-state index contributed by atoms with van der Waals surface area (Å²) in [7, 11) is 0. The Morgan fingerprint density at radius 1 is 1.33 bits per heavy atom. The van der Waals surface area contributed by atoms with Gasteiger partial charge in [-0.1, -0.05) is 12.1 Å². The van der Waals surface area contributed by atoms with E-state index in [1.807, 2.05) is 31.2 Å². The number of nitrogens with zero attached hydrogens (tertiary/aromatic N) is 1. The first-order valence-electron chi connectivity index (χ1n) is 7.52. The van der Waals surface area contributed by atoms with Crippen molar-refractivity contribution in [1.29, 1.82) is 0 Å². The van der Waals surface area contributed by atoms with E-state index in [1.54, 1.807) is 0 Å². The number of likely N-dealkylation sites (tertiary alicyclic amines) is 1. The number of hydrogen-bond donors (Lipinski definition) is 3. The van der Waals surface area contributed by atoms with E-state index in [4.69, 9.17) is 5.73 Å². The molecular weight excluding hydrogens is 266 g/mol. The Labute approximate surface area is 126 Å². The summed E-state index contributed by atoms with van der Waals surface area (Å²) in [5.41, 5.74) is 6.86. The highest BCUT2D eigenvalue weighted by Gasteiger charge is 2.27. The molecule has 0 saturated carbocycles. The summed E-state index contributed by atoms with van der Waals surface area (Å²) in [5.74, 6) is 0.0211. The first-order chi connectivity index (χ1) is 9.98. The standard InChI is InChI=1S/C16H25N3O2/c1-16(21)7-10-19(11-8-16)9-6-15(20)18-14-4-2-13(12-17)3-5-14/h2-5,21H,6-12,17H2,1H3,(H,18,20). The van der Waals surface area contributed by atoms with Crippen molar-refractivity contribution in [3.05, 3.63) is 29.8 Å². The van der Waals surface area contributed by atoms with E-state index in [9.17, 15) is 9.90 Å². The lowest BCUT2D eigenvalue weighted by molar-refractivity contribution is -0.116. The zero-order valence-corrected chi connectivity index (χ0v) is 12.6. The Kier molecular flexibility index (Phi) is 5.33. The van der Waals surface area contributed by atoms with Crippen LogP contribution in [0.15, 0.2) is 24.3 Å². The monoisotopic (exact) mass is 291 g/mol. The molecule has 1 fully saturated rings. The van der Waals surface area contributed by atoms with Crippen molar-refractivity contribution in [1.82, 2.24) is 4.90 Å². The van der Waals surface area contributed by atoms with Crippen LogP contribution in [-0.4, -0.2) is 41.1 Å². The average molecular weight is 291 g/mol. The van der Waals surface area contributed by atoms with Crippen molar-refractivity contribution < 1.29 is 9.90 Å². The molecule has 116 valence electrons. The quantitative estimate of drug-likeness (QED) is 0.764. The van der Waals surface area contributed by atoms with Crippen LogP contribution in [0.4, 0.5) is 5.69 Å². The van der Waals surface area contributed by atoms with E-state index < -0.39 is 5.60 Å². The van der Waals surface area contributed by atoms with Gasteiger partial charge in [-0.05, 0) is 37.5 Å². The number of amides is 1. The molecule has 1 aliphatic heterocycles. The topological polar surface area (TPSA) is 78.6 Å². The molecule has 0 aliphatic carbocycles. The maximum Gasteiger partial charge on any atom is 0.225 e. The van der Waals surface area contributed by atoms with Crippen molar-refractivity contribution >= 4 is 11.6 Å². The summed E-state index contributed by atoms with van der Waals surface area (Å²) in [6.45, 7) is 4.83. The normalized spacial score (nSPS) is 18.4. The number of rotatable bonds is 5. The number of benzene rings is 1. The summed E-state index contributed by atoms with van der Waals surface area (Å²) in [5, 5.41) is 12.8. The molecule has 0 spiro atoms. The molecule has 0 aromatic heterocycles. The number of nitrogens with one attached hydrogen (secondary N) is 1. The predicted octanol–water partition coefficient (Wildman–Crippen LogP) is 1.32. The van der Waals surface area contributed by atoms with Crippen LogP contribution >= 0.6 is 0 Å². The fourth-order valence-electron chi connectivity index (χ4n) is 2.47. The number of hydrogen-bond acceptors (Lipinski definition) is 4. The fourth-order valence-corrected chi connectivity index (χ4v) is 2.47. The SMILES string of the molecule is CC1(O)CCN(CCC(=O)Nc2ccc(CN)cc2)CC1. The van der Waals surface area contributed by atoms with Gasteiger partial charge in [0.25, 0.3) is 0 Å². The Morgan fingerprint density at radius 3 is 2.52 bits per heavy atom. The van der Waals surface area contributed by atoms with Gasteiger partial charge >= 0.3 is 0 Å². The summed E-state index contributed by atoms with van der Waals surface area (Å²) in [6, 6.07) is 7.58. The molecule has 0 radical (unpaired) electrons. The van der Waals surface area contributed by atoms with Gasteiger partial charge in [-0.3, -0.25) is 4.79 Å². The van der Waals surface area contributed by atoms with Crippen LogP contribution in [-0.2, 0) is 11.3 Å². The fraction of sp³-hybridized carbons (Fsp3) is 0.562. The van der Waals surface area contributed by atoms with Crippen molar-refractivity contribution in [3.8, 4) is 0 Å². The number of nitrogens with two attached hydrogens (primary N) is 1. The number of carbonyl (C=O) groups excluding carboxylic acids is 1. The van der Waals surface area contributed by atoms with Gasteiger partial charge in [0.1, 0.15) is 0 Å². The lowest BCUT2D eigenvalue weighted by atomic mass is 9.94. The maximum atomic E-state index is 11.9. The summed E-state index contributed by atoms with van der Waals surface area (Å²) < 4.78 is 0. The second-order valence-electron chi connectivity index (χ2n) is 6.04. The van der Waals surface area contributed by atoms with E-state index in [2.05, 4.69) is 10.2 Å². The molecule has 2 rings (SSSR count). The number of aliphatic hydroxyl groups is 1. The zero-order chi connectivity index (χ0) is 15.3. The molecule has 1 heterocycles. The van der Waals surface area contributed by atoms with E-state index in [0.717, 1.165) is 43.7 Å². The van der Waals surface area contributed by atoms with Crippen LogP contribution in [0.2, 0.25) is 0 Å². The van der Waals surface area contributed by atoms with Crippen molar-refractivity contribution in [3.63, 3.8) is 0 Å². The molecule has 4 N–H and O–H groups in total. The molecule has 5 heteroatoms. The molecule has 1 amide bonds. The summed E-state index contributed by atoms with van der Waals surface area (Å²) in [4.78, 5) is 14.2. The summed E-state index contributed by atoms with van der Waals surface area (Å²) >= 11 is 0. The van der Waals surface area contributed by atoms with Crippen LogP contribution in [0.25, 0.3) is 0 Å². The Morgan fingerprint density at radius 2 is 1.95 bits per heavy atom. The lowest BCUT2D eigenvalue weighted by Gasteiger charge is -2.35. The first-order valence-corrected chi connectivity index (χ1v) is 7.52. The Bertz CT molecular complexity index is 461. The smallest absolute Gasteiger partial charge is 0.225 e. The minimum Gasteiger partial charge on any atom is -0.390 e. The van der Waals surface area contributed by atoms with Crippen LogP contribution < -0.4 is 11.1 Å². The third kappa shape index (κ3) is 5.12. The molecule has 1 aromatic rings. The second kappa shape index (κ2) is 7.02. The number of anilines is 1. The molecule has 0 unspecified atom stereocenters. The first kappa shape index (κ1) is 15.9. The van der Waals surface area contributed by atoms with Crippen molar-refractivity contribution in [2.45, 2.75) is 38.3 Å². The van der Waals surface area contributed by atoms with E-state index in [1.165, 1.54) is 0 Å². The molecule has 0 atom stereocenters. The molecule has 5 nitrogen and oxygen atoms in total. The van der Waals surface area contributed by atoms with Gasteiger partial charge in [-0.25, -0.2) is 0 Å². The van der Waals surface area contributed by atoms with Gasteiger partial charge in [0, 0.05) is 38.3 Å². The van der Waals surface area contributed by atoms with Crippen molar-refractivity contribution in [2.75, 3.05) is 25.0 Å². The molecular formula is C16H25N3O2. The highest BCUT2D eigenvalue weighted by atomic mass is 16.3. The zero-order valence-electron chi connectivity index (χ0n) is 12.6. The highest BCUT2D eigenvalue weighted by molar-refractivity contribution is 5.90. The van der Waals surface area contributed by atoms with Gasteiger partial charge in [0.2, 0.25) is 5.91 Å². The third-order valence-electron chi connectivity index (χ3n) is 4.06. The molecule has 21 heavy (non-hydrogen) atoms. The average Bonchev–Trinajstić information content (AvgIpc) is 2.47. The van der Waals surface area contributed by atoms with E-state index in [-0.39, 0.29) is 5.91 Å². The van der Waals surface area contributed by atoms with Crippen molar-refractivity contribution in [2.24, 2.45) is 5.73 Å². The summed E-state index contributed by atoms with van der Waals surface area (Å²) in [6.07, 6.45) is 2.02. The Balaban J connectivity index is 1.72. The maximum absolute atomic E-state index is 11.9. The van der Waals surface area contributed by atoms with Gasteiger partial charge in [0.05, 0.1) is 5.60 Å². The van der Waals surface area contributed by atoms with Crippen LogP contribution in [0, 0.1) is 0 Å². The van der Waals surface area contributed by atoms with Gasteiger partial charge in [0.15, 0.2) is 0 Å². The molecule has 1 aliphatic rings. The molecule has 1 saturated heterocycles. The minimum absolute atomic E-state index is 0.0211. The largest absolute Gasteiger partial charge is 0.390 e.